The van der Waals surface area contributed by atoms with Gasteiger partial charge in [-0.05, 0) is 25.0 Å². The lowest BCUT2D eigenvalue weighted by molar-refractivity contribution is -0.148. The highest BCUT2D eigenvalue weighted by molar-refractivity contribution is 8.00. The highest BCUT2D eigenvalue weighted by Gasteiger charge is 2.48. The van der Waals surface area contributed by atoms with Crippen LogP contribution in [0.1, 0.15) is 26.2 Å². The van der Waals surface area contributed by atoms with Crippen LogP contribution in [0, 0.1) is 0 Å². The van der Waals surface area contributed by atoms with E-state index in [1.807, 2.05) is 11.8 Å². The van der Waals surface area contributed by atoms with Crippen molar-refractivity contribution < 1.29 is 14.3 Å². The summed E-state index contributed by atoms with van der Waals surface area (Å²) in [5, 5.41) is 3.68. The van der Waals surface area contributed by atoms with Gasteiger partial charge in [0.1, 0.15) is 5.54 Å². The van der Waals surface area contributed by atoms with Crippen LogP contribution in [0.2, 0.25) is 0 Å². The van der Waals surface area contributed by atoms with Crippen molar-refractivity contribution in [3.05, 3.63) is 0 Å². The van der Waals surface area contributed by atoms with Crippen LogP contribution >= 0.6 is 11.8 Å². The molecule has 2 fully saturated rings. The minimum absolute atomic E-state index is 0.131. The van der Waals surface area contributed by atoms with Crippen LogP contribution in [0.25, 0.3) is 0 Å². The molecule has 3 atom stereocenters. The normalized spacial score (nSPS) is 37.3. The SMILES string of the molecule is COC(=O)C1(NCC2CCCO2)CCSC1C. The molecule has 5 heteroatoms. The summed E-state index contributed by atoms with van der Waals surface area (Å²) >= 11 is 1.83. The van der Waals surface area contributed by atoms with Gasteiger partial charge in [-0.1, -0.05) is 6.92 Å². The predicted octanol–water partition coefficient (Wildman–Crippen LogP) is 1.19. The van der Waals surface area contributed by atoms with Crippen LogP contribution in [0.4, 0.5) is 0 Å². The predicted molar refractivity (Wildman–Crippen MR) is 68.3 cm³/mol. The Labute approximate surface area is 107 Å². The Morgan fingerprint density at radius 3 is 3.00 bits per heavy atom. The number of hydrogen-bond donors (Lipinski definition) is 1. The lowest BCUT2D eigenvalue weighted by Crippen LogP contribution is -2.58. The number of hydrogen-bond acceptors (Lipinski definition) is 5. The highest BCUT2D eigenvalue weighted by atomic mass is 32.2. The van der Waals surface area contributed by atoms with E-state index in [0.29, 0.717) is 0 Å². The summed E-state index contributed by atoms with van der Waals surface area (Å²) in [5.74, 6) is 0.877. The zero-order valence-corrected chi connectivity index (χ0v) is 11.3. The number of thioether (sulfide) groups is 1. The maximum Gasteiger partial charge on any atom is 0.327 e. The van der Waals surface area contributed by atoms with Crippen molar-refractivity contribution in [1.29, 1.82) is 0 Å². The van der Waals surface area contributed by atoms with Crippen LogP contribution in [0.5, 0.6) is 0 Å². The third-order valence-electron chi connectivity index (χ3n) is 3.78. The lowest BCUT2D eigenvalue weighted by Gasteiger charge is -2.32. The molecule has 98 valence electrons. The summed E-state index contributed by atoms with van der Waals surface area (Å²) in [7, 11) is 1.47. The maximum atomic E-state index is 12.0. The van der Waals surface area contributed by atoms with E-state index < -0.39 is 5.54 Å². The standard InChI is InChI=1S/C12H21NO3S/c1-9-12(5-7-17-9,11(14)15-2)13-8-10-4-3-6-16-10/h9-10,13H,3-8H2,1-2H3. The summed E-state index contributed by atoms with van der Waals surface area (Å²) in [6.07, 6.45) is 3.32. The van der Waals surface area contributed by atoms with Crippen LogP contribution in [0.3, 0.4) is 0 Å². The van der Waals surface area contributed by atoms with Gasteiger partial charge in [-0.3, -0.25) is 10.1 Å². The van der Waals surface area contributed by atoms with Crippen LogP contribution in [0.15, 0.2) is 0 Å². The Kier molecular flexibility index (Phi) is 4.33. The third kappa shape index (κ3) is 2.61. The molecule has 2 aliphatic rings. The van der Waals surface area contributed by atoms with Gasteiger partial charge in [-0.25, -0.2) is 0 Å². The summed E-state index contributed by atoms with van der Waals surface area (Å²) in [5.41, 5.74) is -0.509. The van der Waals surface area contributed by atoms with Crippen LogP contribution in [-0.4, -0.2) is 48.9 Å². The maximum absolute atomic E-state index is 12.0. The number of carbonyl (C=O) groups is 1. The molecule has 0 amide bonds. The smallest absolute Gasteiger partial charge is 0.327 e. The Hall–Kier alpha value is -0.260. The van der Waals surface area contributed by atoms with Gasteiger partial charge < -0.3 is 9.47 Å². The molecule has 1 N–H and O–H groups in total. The van der Waals surface area contributed by atoms with Gasteiger partial charge in [0, 0.05) is 18.4 Å². The first-order chi connectivity index (χ1) is 8.19. The van der Waals surface area contributed by atoms with Gasteiger partial charge in [0.05, 0.1) is 13.2 Å². The van der Waals surface area contributed by atoms with E-state index in [9.17, 15) is 4.79 Å². The number of rotatable bonds is 4. The summed E-state index contributed by atoms with van der Waals surface area (Å²) in [6, 6.07) is 0. The van der Waals surface area contributed by atoms with Crippen molar-refractivity contribution in [2.45, 2.75) is 43.1 Å². The molecule has 0 aliphatic carbocycles. The minimum Gasteiger partial charge on any atom is -0.468 e. The number of nitrogens with one attached hydrogen (secondary N) is 1. The molecule has 3 unspecified atom stereocenters. The Balaban J connectivity index is 1.98. The van der Waals surface area contributed by atoms with Crippen molar-refractivity contribution in [1.82, 2.24) is 5.32 Å². The molecule has 2 aliphatic heterocycles. The average molecular weight is 259 g/mol. The van der Waals surface area contributed by atoms with E-state index >= 15 is 0 Å². The van der Waals surface area contributed by atoms with E-state index in [2.05, 4.69) is 12.2 Å². The molecule has 0 saturated carbocycles. The first kappa shape index (κ1) is 13.2. The van der Waals surface area contributed by atoms with Gasteiger partial charge in [-0.2, -0.15) is 11.8 Å². The molecule has 0 bridgehead atoms. The van der Waals surface area contributed by atoms with E-state index in [0.717, 1.165) is 38.2 Å². The first-order valence-corrected chi connectivity index (χ1v) is 7.30. The van der Waals surface area contributed by atoms with E-state index in [1.54, 1.807) is 0 Å². The van der Waals surface area contributed by atoms with E-state index in [1.165, 1.54) is 7.11 Å². The summed E-state index contributed by atoms with van der Waals surface area (Å²) < 4.78 is 10.6. The molecule has 0 spiro atoms. The second-order valence-corrected chi connectivity index (χ2v) is 6.19. The van der Waals surface area contributed by atoms with Crippen molar-refractivity contribution in [3.8, 4) is 0 Å². The minimum atomic E-state index is -0.509. The number of esters is 1. The van der Waals surface area contributed by atoms with Crippen molar-refractivity contribution >= 4 is 17.7 Å². The summed E-state index contributed by atoms with van der Waals surface area (Å²) in [6.45, 7) is 3.69. The number of carbonyl (C=O) groups excluding carboxylic acids is 1. The highest BCUT2D eigenvalue weighted by Crippen LogP contribution is 2.36. The van der Waals surface area contributed by atoms with Gasteiger partial charge in [-0.15, -0.1) is 0 Å². The first-order valence-electron chi connectivity index (χ1n) is 6.25. The Morgan fingerprint density at radius 2 is 2.47 bits per heavy atom. The molecule has 0 aromatic heterocycles. The molecular weight excluding hydrogens is 238 g/mol. The van der Waals surface area contributed by atoms with Gasteiger partial charge >= 0.3 is 5.97 Å². The molecule has 4 nitrogen and oxygen atoms in total. The molecule has 0 aromatic carbocycles. The molecule has 0 aromatic rings. The van der Waals surface area contributed by atoms with Crippen molar-refractivity contribution in [3.63, 3.8) is 0 Å². The number of ether oxygens (including phenoxy) is 2. The van der Waals surface area contributed by atoms with Crippen LogP contribution in [-0.2, 0) is 14.3 Å². The average Bonchev–Trinajstić information content (AvgIpc) is 2.96. The Bertz CT molecular complexity index is 281. The number of methoxy groups -OCH3 is 1. The zero-order valence-electron chi connectivity index (χ0n) is 10.5. The topological polar surface area (TPSA) is 47.6 Å². The molecule has 2 rings (SSSR count). The van der Waals surface area contributed by atoms with E-state index in [-0.39, 0.29) is 17.3 Å². The molecule has 17 heavy (non-hydrogen) atoms. The van der Waals surface area contributed by atoms with Crippen molar-refractivity contribution in [2.24, 2.45) is 0 Å². The monoisotopic (exact) mass is 259 g/mol. The molecule has 2 saturated heterocycles. The molecule has 0 radical (unpaired) electrons. The lowest BCUT2D eigenvalue weighted by atomic mass is 9.92. The molecular formula is C12H21NO3S. The quantitative estimate of drug-likeness (QED) is 0.769. The fourth-order valence-electron chi connectivity index (χ4n) is 2.60. The second-order valence-electron chi connectivity index (χ2n) is 4.74. The largest absolute Gasteiger partial charge is 0.468 e. The Morgan fingerprint density at radius 1 is 1.65 bits per heavy atom. The third-order valence-corrected chi connectivity index (χ3v) is 5.12. The fourth-order valence-corrected chi connectivity index (χ4v) is 3.97. The van der Waals surface area contributed by atoms with E-state index in [4.69, 9.17) is 9.47 Å². The van der Waals surface area contributed by atoms with Gasteiger partial charge in [0.25, 0.3) is 0 Å². The van der Waals surface area contributed by atoms with Crippen LogP contribution < -0.4 is 5.32 Å². The fraction of sp³-hybridized carbons (Fsp3) is 0.917. The van der Waals surface area contributed by atoms with Gasteiger partial charge in [0.15, 0.2) is 0 Å². The van der Waals surface area contributed by atoms with Gasteiger partial charge in [0.2, 0.25) is 0 Å². The second kappa shape index (κ2) is 5.59. The summed E-state index contributed by atoms with van der Waals surface area (Å²) in [4.78, 5) is 12.0. The van der Waals surface area contributed by atoms with Crippen molar-refractivity contribution in [2.75, 3.05) is 26.0 Å². The zero-order chi connectivity index (χ0) is 12.3. The molecule has 2 heterocycles.